The minimum Gasteiger partial charge on any atom is -0.493 e. The average molecular weight is 262 g/mol. The molecule has 0 spiro atoms. The second kappa shape index (κ2) is 6.80. The topological polar surface area (TPSA) is 38.5 Å². The van der Waals surface area contributed by atoms with E-state index in [4.69, 9.17) is 10.5 Å². The van der Waals surface area contributed by atoms with Gasteiger partial charge in [-0.15, -0.1) is 0 Å². The SMILES string of the molecule is CC1CC(C)CN(CCCOc2cccc(N)c2)C1. The molecule has 0 aliphatic carbocycles. The van der Waals surface area contributed by atoms with Crippen LogP contribution in [0.15, 0.2) is 24.3 Å². The third kappa shape index (κ3) is 4.75. The van der Waals surface area contributed by atoms with Gasteiger partial charge < -0.3 is 15.4 Å². The zero-order valence-corrected chi connectivity index (χ0v) is 12.1. The molecule has 0 bridgehead atoms. The number of nitrogen functional groups attached to an aromatic ring is 1. The van der Waals surface area contributed by atoms with Crippen molar-refractivity contribution in [1.29, 1.82) is 0 Å². The van der Waals surface area contributed by atoms with Gasteiger partial charge in [-0.2, -0.15) is 0 Å². The Morgan fingerprint density at radius 3 is 2.68 bits per heavy atom. The van der Waals surface area contributed by atoms with Gasteiger partial charge in [0.05, 0.1) is 6.61 Å². The summed E-state index contributed by atoms with van der Waals surface area (Å²) in [7, 11) is 0. The van der Waals surface area contributed by atoms with Gasteiger partial charge in [-0.25, -0.2) is 0 Å². The van der Waals surface area contributed by atoms with Crippen LogP contribution < -0.4 is 10.5 Å². The molecule has 0 radical (unpaired) electrons. The summed E-state index contributed by atoms with van der Waals surface area (Å²) in [5.41, 5.74) is 6.48. The summed E-state index contributed by atoms with van der Waals surface area (Å²) >= 11 is 0. The number of hydrogen-bond acceptors (Lipinski definition) is 3. The van der Waals surface area contributed by atoms with Gasteiger partial charge in [-0.3, -0.25) is 0 Å². The molecule has 0 amide bonds. The lowest BCUT2D eigenvalue weighted by atomic mass is 9.92. The first-order valence-electron chi connectivity index (χ1n) is 7.34. The van der Waals surface area contributed by atoms with Crippen molar-refractivity contribution in [2.45, 2.75) is 26.7 Å². The molecule has 1 aromatic rings. The van der Waals surface area contributed by atoms with E-state index in [1.54, 1.807) is 0 Å². The lowest BCUT2D eigenvalue weighted by molar-refractivity contribution is 0.132. The van der Waals surface area contributed by atoms with E-state index in [1.165, 1.54) is 19.5 Å². The smallest absolute Gasteiger partial charge is 0.121 e. The summed E-state index contributed by atoms with van der Waals surface area (Å²) < 4.78 is 5.72. The minimum absolute atomic E-state index is 0.760. The summed E-state index contributed by atoms with van der Waals surface area (Å²) in [5, 5.41) is 0. The highest BCUT2D eigenvalue weighted by molar-refractivity contribution is 5.43. The lowest BCUT2D eigenvalue weighted by Gasteiger charge is -2.34. The summed E-state index contributed by atoms with van der Waals surface area (Å²) in [6.45, 7) is 9.09. The van der Waals surface area contributed by atoms with E-state index in [0.717, 1.165) is 42.8 Å². The number of benzene rings is 1. The van der Waals surface area contributed by atoms with Crippen LogP contribution in [0, 0.1) is 11.8 Å². The van der Waals surface area contributed by atoms with Gasteiger partial charge in [0.15, 0.2) is 0 Å². The fourth-order valence-corrected chi connectivity index (χ4v) is 3.06. The molecular weight excluding hydrogens is 236 g/mol. The Morgan fingerprint density at radius 2 is 2.00 bits per heavy atom. The van der Waals surface area contributed by atoms with Crippen molar-refractivity contribution in [2.75, 3.05) is 32.0 Å². The monoisotopic (exact) mass is 262 g/mol. The summed E-state index contributed by atoms with van der Waals surface area (Å²) in [6.07, 6.45) is 2.45. The van der Waals surface area contributed by atoms with Crippen molar-refractivity contribution < 1.29 is 4.74 Å². The van der Waals surface area contributed by atoms with Gasteiger partial charge in [0, 0.05) is 31.4 Å². The number of nitrogens with zero attached hydrogens (tertiary/aromatic N) is 1. The van der Waals surface area contributed by atoms with E-state index in [1.807, 2.05) is 24.3 Å². The predicted octanol–water partition coefficient (Wildman–Crippen LogP) is 3.02. The molecule has 1 aliphatic rings. The van der Waals surface area contributed by atoms with Gasteiger partial charge in [0.1, 0.15) is 5.75 Å². The first-order valence-corrected chi connectivity index (χ1v) is 7.34. The number of rotatable bonds is 5. The molecule has 106 valence electrons. The molecule has 2 unspecified atom stereocenters. The zero-order valence-electron chi connectivity index (χ0n) is 12.1. The van der Waals surface area contributed by atoms with Crippen LogP contribution in [0.2, 0.25) is 0 Å². The minimum atomic E-state index is 0.760. The second-order valence-corrected chi connectivity index (χ2v) is 5.98. The Hall–Kier alpha value is -1.22. The third-order valence-electron chi connectivity index (χ3n) is 3.69. The Kier molecular flexibility index (Phi) is 5.08. The molecule has 2 atom stereocenters. The maximum atomic E-state index is 5.72. The van der Waals surface area contributed by atoms with Crippen LogP contribution in [-0.4, -0.2) is 31.1 Å². The largest absolute Gasteiger partial charge is 0.493 e. The molecule has 1 heterocycles. The maximum Gasteiger partial charge on any atom is 0.121 e. The van der Waals surface area contributed by atoms with Crippen LogP contribution in [-0.2, 0) is 0 Å². The zero-order chi connectivity index (χ0) is 13.7. The van der Waals surface area contributed by atoms with Crippen molar-refractivity contribution in [3.63, 3.8) is 0 Å². The Morgan fingerprint density at radius 1 is 1.26 bits per heavy atom. The summed E-state index contributed by atoms with van der Waals surface area (Å²) in [6, 6.07) is 7.65. The molecule has 19 heavy (non-hydrogen) atoms. The van der Waals surface area contributed by atoms with Crippen molar-refractivity contribution in [1.82, 2.24) is 4.90 Å². The molecule has 1 aromatic carbocycles. The van der Waals surface area contributed by atoms with Crippen molar-refractivity contribution in [2.24, 2.45) is 11.8 Å². The van der Waals surface area contributed by atoms with Crippen molar-refractivity contribution in [3.8, 4) is 5.75 Å². The highest BCUT2D eigenvalue weighted by Gasteiger charge is 2.20. The highest BCUT2D eigenvalue weighted by Crippen LogP contribution is 2.21. The number of nitrogens with two attached hydrogens (primary N) is 1. The van der Waals surface area contributed by atoms with Gasteiger partial charge in [0.25, 0.3) is 0 Å². The van der Waals surface area contributed by atoms with E-state index >= 15 is 0 Å². The van der Waals surface area contributed by atoms with Crippen LogP contribution in [0.25, 0.3) is 0 Å². The predicted molar refractivity (Wildman–Crippen MR) is 80.4 cm³/mol. The summed E-state index contributed by atoms with van der Waals surface area (Å²) in [4.78, 5) is 2.57. The molecule has 1 saturated heterocycles. The first-order chi connectivity index (χ1) is 9.13. The molecular formula is C16H26N2O. The normalized spacial score (nSPS) is 24.3. The summed E-state index contributed by atoms with van der Waals surface area (Å²) in [5.74, 6) is 2.54. The molecule has 1 aliphatic heterocycles. The maximum absolute atomic E-state index is 5.72. The van der Waals surface area contributed by atoms with E-state index < -0.39 is 0 Å². The number of likely N-dealkylation sites (tertiary alicyclic amines) is 1. The first kappa shape index (κ1) is 14.2. The van der Waals surface area contributed by atoms with Gasteiger partial charge >= 0.3 is 0 Å². The van der Waals surface area contributed by atoms with Crippen LogP contribution >= 0.6 is 0 Å². The quantitative estimate of drug-likeness (QED) is 0.655. The second-order valence-electron chi connectivity index (χ2n) is 5.98. The Balaban J connectivity index is 1.66. The lowest BCUT2D eigenvalue weighted by Crippen LogP contribution is -2.39. The Bertz CT molecular complexity index is 384. The molecule has 0 saturated carbocycles. The fourth-order valence-electron chi connectivity index (χ4n) is 3.06. The van der Waals surface area contributed by atoms with E-state index in [9.17, 15) is 0 Å². The molecule has 2 N–H and O–H groups in total. The number of anilines is 1. The average Bonchev–Trinajstić information content (AvgIpc) is 2.34. The van der Waals surface area contributed by atoms with E-state index in [-0.39, 0.29) is 0 Å². The van der Waals surface area contributed by atoms with Crippen LogP contribution in [0.4, 0.5) is 5.69 Å². The number of hydrogen-bond donors (Lipinski definition) is 1. The van der Waals surface area contributed by atoms with E-state index in [2.05, 4.69) is 18.7 Å². The highest BCUT2D eigenvalue weighted by atomic mass is 16.5. The van der Waals surface area contributed by atoms with E-state index in [0.29, 0.717) is 0 Å². The van der Waals surface area contributed by atoms with Gasteiger partial charge in [-0.1, -0.05) is 19.9 Å². The molecule has 2 rings (SSSR count). The molecule has 3 heteroatoms. The standard InChI is InChI=1S/C16H26N2O/c1-13-9-14(2)12-18(11-13)7-4-8-19-16-6-3-5-15(17)10-16/h3,5-6,10,13-14H,4,7-9,11-12,17H2,1-2H3. The van der Waals surface area contributed by atoms with Crippen LogP contribution in [0.5, 0.6) is 5.75 Å². The molecule has 1 fully saturated rings. The Labute approximate surface area is 116 Å². The van der Waals surface area contributed by atoms with Gasteiger partial charge in [-0.05, 0) is 36.8 Å². The van der Waals surface area contributed by atoms with Crippen molar-refractivity contribution >= 4 is 5.69 Å². The molecule has 0 aromatic heterocycles. The fraction of sp³-hybridized carbons (Fsp3) is 0.625. The van der Waals surface area contributed by atoms with Crippen LogP contribution in [0.1, 0.15) is 26.7 Å². The van der Waals surface area contributed by atoms with Crippen LogP contribution in [0.3, 0.4) is 0 Å². The molecule has 3 nitrogen and oxygen atoms in total. The number of ether oxygens (including phenoxy) is 1. The van der Waals surface area contributed by atoms with Crippen molar-refractivity contribution in [3.05, 3.63) is 24.3 Å². The van der Waals surface area contributed by atoms with Gasteiger partial charge in [0.2, 0.25) is 0 Å². The third-order valence-corrected chi connectivity index (χ3v) is 3.69. The number of piperidine rings is 1.